The van der Waals surface area contributed by atoms with E-state index >= 15 is 0 Å². The van der Waals surface area contributed by atoms with Crippen LogP contribution in [0.25, 0.3) is 0 Å². The topological polar surface area (TPSA) is 46.2 Å². The third-order valence-electron chi connectivity index (χ3n) is 3.34. The van der Waals surface area contributed by atoms with E-state index in [2.05, 4.69) is 5.32 Å². The molecule has 13 heavy (non-hydrogen) atoms. The molecule has 0 aromatic rings. The Bertz CT molecular complexity index is 231. The standard InChI is InChI=1S/C10H17NO2/c1-4-7-8(12)11-9(13)10(7,5-2)6-3/h7H,4-6H2,1-3H3,(H,11,12,13). The summed E-state index contributed by atoms with van der Waals surface area (Å²) >= 11 is 0. The minimum atomic E-state index is -0.425. The fourth-order valence-corrected chi connectivity index (χ4v) is 2.37. The Morgan fingerprint density at radius 3 is 2.08 bits per heavy atom. The molecule has 3 nitrogen and oxygen atoms in total. The average Bonchev–Trinajstić information content (AvgIpc) is 2.36. The summed E-state index contributed by atoms with van der Waals surface area (Å²) in [6, 6.07) is 0. The Morgan fingerprint density at radius 1 is 1.23 bits per heavy atom. The molecule has 1 aliphatic rings. The third-order valence-corrected chi connectivity index (χ3v) is 3.34. The molecule has 1 fully saturated rings. The van der Waals surface area contributed by atoms with Crippen molar-refractivity contribution >= 4 is 11.8 Å². The van der Waals surface area contributed by atoms with Gasteiger partial charge in [-0.1, -0.05) is 20.8 Å². The first-order valence-electron chi connectivity index (χ1n) is 4.97. The van der Waals surface area contributed by atoms with Crippen LogP contribution in [-0.2, 0) is 9.59 Å². The second kappa shape index (κ2) is 3.48. The molecule has 2 amide bonds. The monoisotopic (exact) mass is 183 g/mol. The zero-order valence-electron chi connectivity index (χ0n) is 8.52. The van der Waals surface area contributed by atoms with Crippen molar-refractivity contribution in [3.05, 3.63) is 0 Å². The molecule has 1 rings (SSSR count). The second-order valence-corrected chi connectivity index (χ2v) is 3.64. The highest BCUT2D eigenvalue weighted by Gasteiger charge is 2.51. The molecule has 0 saturated carbocycles. The molecule has 1 atom stereocenters. The third kappa shape index (κ3) is 1.26. The van der Waals surface area contributed by atoms with Gasteiger partial charge in [-0.2, -0.15) is 0 Å². The number of nitrogens with one attached hydrogen (secondary N) is 1. The molecule has 1 saturated heterocycles. The van der Waals surface area contributed by atoms with E-state index in [1.165, 1.54) is 0 Å². The Balaban J connectivity index is 3.03. The van der Waals surface area contributed by atoms with Crippen LogP contribution >= 0.6 is 0 Å². The van der Waals surface area contributed by atoms with Crippen LogP contribution in [0.4, 0.5) is 0 Å². The molecule has 0 radical (unpaired) electrons. The molecule has 0 bridgehead atoms. The minimum absolute atomic E-state index is 0.0747. The summed E-state index contributed by atoms with van der Waals surface area (Å²) in [6.07, 6.45) is 2.25. The molecule has 0 aliphatic carbocycles. The lowest BCUT2D eigenvalue weighted by Gasteiger charge is -2.27. The van der Waals surface area contributed by atoms with Gasteiger partial charge in [-0.05, 0) is 19.3 Å². The van der Waals surface area contributed by atoms with Crippen molar-refractivity contribution in [3.8, 4) is 0 Å². The van der Waals surface area contributed by atoms with Crippen LogP contribution in [0.5, 0.6) is 0 Å². The highest BCUT2D eigenvalue weighted by Crippen LogP contribution is 2.41. The van der Waals surface area contributed by atoms with Crippen LogP contribution < -0.4 is 5.32 Å². The Labute approximate surface area is 78.9 Å². The molecule has 1 N–H and O–H groups in total. The van der Waals surface area contributed by atoms with Gasteiger partial charge < -0.3 is 0 Å². The predicted molar refractivity (Wildman–Crippen MR) is 49.9 cm³/mol. The fraction of sp³-hybridized carbons (Fsp3) is 0.800. The van der Waals surface area contributed by atoms with Gasteiger partial charge in [-0.3, -0.25) is 14.9 Å². The number of hydrogen-bond acceptors (Lipinski definition) is 2. The van der Waals surface area contributed by atoms with E-state index in [4.69, 9.17) is 0 Å². The highest BCUT2D eigenvalue weighted by molar-refractivity contribution is 6.07. The second-order valence-electron chi connectivity index (χ2n) is 3.64. The zero-order chi connectivity index (χ0) is 10.1. The zero-order valence-corrected chi connectivity index (χ0v) is 8.52. The first kappa shape index (κ1) is 10.2. The normalized spacial score (nSPS) is 26.2. The van der Waals surface area contributed by atoms with Crippen molar-refractivity contribution < 1.29 is 9.59 Å². The van der Waals surface area contributed by atoms with Crippen molar-refractivity contribution in [2.24, 2.45) is 11.3 Å². The van der Waals surface area contributed by atoms with Crippen LogP contribution in [0.3, 0.4) is 0 Å². The molecule has 0 spiro atoms. The molecule has 1 heterocycles. The first-order valence-corrected chi connectivity index (χ1v) is 4.97. The van der Waals surface area contributed by atoms with E-state index in [-0.39, 0.29) is 17.7 Å². The lowest BCUT2D eigenvalue weighted by molar-refractivity contribution is -0.129. The van der Waals surface area contributed by atoms with E-state index in [0.717, 1.165) is 19.3 Å². The molecular formula is C10H17NO2. The highest BCUT2D eigenvalue weighted by atomic mass is 16.2. The van der Waals surface area contributed by atoms with Crippen molar-refractivity contribution in [1.82, 2.24) is 5.32 Å². The molecule has 1 aliphatic heterocycles. The maximum atomic E-state index is 11.6. The van der Waals surface area contributed by atoms with Crippen molar-refractivity contribution in [1.29, 1.82) is 0 Å². The van der Waals surface area contributed by atoms with Gasteiger partial charge in [0.25, 0.3) is 0 Å². The quantitative estimate of drug-likeness (QED) is 0.673. The Morgan fingerprint density at radius 2 is 1.77 bits per heavy atom. The fourth-order valence-electron chi connectivity index (χ4n) is 2.37. The van der Waals surface area contributed by atoms with Crippen molar-refractivity contribution in [3.63, 3.8) is 0 Å². The number of hydrogen-bond donors (Lipinski definition) is 1. The first-order chi connectivity index (χ1) is 6.12. The van der Waals surface area contributed by atoms with Gasteiger partial charge in [0.2, 0.25) is 11.8 Å². The van der Waals surface area contributed by atoms with Gasteiger partial charge in [0.05, 0.1) is 11.3 Å². The number of amides is 2. The Kier molecular flexibility index (Phi) is 2.74. The lowest BCUT2D eigenvalue weighted by atomic mass is 9.72. The van der Waals surface area contributed by atoms with Crippen LogP contribution in [0.15, 0.2) is 0 Å². The molecule has 0 aromatic carbocycles. The number of rotatable bonds is 3. The SMILES string of the molecule is CCC1C(=O)NC(=O)C1(CC)CC. The van der Waals surface area contributed by atoms with E-state index in [1.807, 2.05) is 20.8 Å². The van der Waals surface area contributed by atoms with Gasteiger partial charge in [0.1, 0.15) is 0 Å². The lowest BCUT2D eigenvalue weighted by Crippen LogP contribution is -2.33. The van der Waals surface area contributed by atoms with Crippen LogP contribution in [0.1, 0.15) is 40.0 Å². The van der Waals surface area contributed by atoms with Gasteiger partial charge in [0, 0.05) is 0 Å². The number of imide groups is 1. The van der Waals surface area contributed by atoms with E-state index in [1.54, 1.807) is 0 Å². The molecule has 3 heteroatoms. The maximum absolute atomic E-state index is 11.6. The average molecular weight is 183 g/mol. The molecule has 0 aromatic heterocycles. The summed E-state index contributed by atoms with van der Waals surface area (Å²) in [5.74, 6) is -0.277. The van der Waals surface area contributed by atoms with Crippen LogP contribution in [-0.4, -0.2) is 11.8 Å². The Hall–Kier alpha value is -0.860. The van der Waals surface area contributed by atoms with E-state index < -0.39 is 5.41 Å². The number of carbonyl (C=O) groups is 2. The van der Waals surface area contributed by atoms with Crippen molar-refractivity contribution in [2.45, 2.75) is 40.0 Å². The summed E-state index contributed by atoms with van der Waals surface area (Å²) in [5.41, 5.74) is -0.425. The van der Waals surface area contributed by atoms with Crippen LogP contribution in [0.2, 0.25) is 0 Å². The maximum Gasteiger partial charge on any atom is 0.233 e. The molecule has 1 unspecified atom stereocenters. The molecular weight excluding hydrogens is 166 g/mol. The summed E-state index contributed by atoms with van der Waals surface area (Å²) in [5, 5.41) is 2.43. The summed E-state index contributed by atoms with van der Waals surface area (Å²) in [4.78, 5) is 23.0. The van der Waals surface area contributed by atoms with Gasteiger partial charge in [0.15, 0.2) is 0 Å². The van der Waals surface area contributed by atoms with Crippen molar-refractivity contribution in [2.75, 3.05) is 0 Å². The summed E-state index contributed by atoms with van der Waals surface area (Å²) < 4.78 is 0. The predicted octanol–water partition coefficient (Wildman–Crippen LogP) is 1.48. The van der Waals surface area contributed by atoms with Crippen LogP contribution in [0, 0.1) is 11.3 Å². The van der Waals surface area contributed by atoms with Gasteiger partial charge in [-0.25, -0.2) is 0 Å². The summed E-state index contributed by atoms with van der Waals surface area (Å²) in [7, 11) is 0. The van der Waals surface area contributed by atoms with Gasteiger partial charge >= 0.3 is 0 Å². The smallest absolute Gasteiger partial charge is 0.233 e. The van der Waals surface area contributed by atoms with Gasteiger partial charge in [-0.15, -0.1) is 0 Å². The minimum Gasteiger partial charge on any atom is -0.296 e. The summed E-state index contributed by atoms with van der Waals surface area (Å²) in [6.45, 7) is 5.91. The number of carbonyl (C=O) groups excluding carboxylic acids is 2. The van der Waals surface area contributed by atoms with E-state index in [0.29, 0.717) is 0 Å². The van der Waals surface area contributed by atoms with E-state index in [9.17, 15) is 9.59 Å². The largest absolute Gasteiger partial charge is 0.296 e. The molecule has 74 valence electrons.